The minimum absolute atomic E-state index is 0.0234. The molecule has 1 N–H and O–H groups in total. The van der Waals surface area contributed by atoms with Crippen LogP contribution in [0.5, 0.6) is 5.75 Å². The van der Waals surface area contributed by atoms with E-state index in [0.717, 1.165) is 50.3 Å². The maximum absolute atomic E-state index is 13.2. The van der Waals surface area contributed by atoms with Crippen LogP contribution in [0.25, 0.3) is 0 Å². The first-order valence-corrected chi connectivity index (χ1v) is 9.59. The van der Waals surface area contributed by atoms with Crippen LogP contribution in [-0.2, 0) is 9.59 Å². The Morgan fingerprint density at radius 2 is 1.96 bits per heavy atom. The quantitative estimate of drug-likeness (QED) is 0.844. The fraction of sp³-hybridized carbons (Fsp3) is 0.600. The molecule has 0 aromatic heterocycles. The molecule has 2 saturated heterocycles. The molecule has 0 spiro atoms. The Morgan fingerprint density at radius 1 is 1.27 bits per heavy atom. The zero-order chi connectivity index (χ0) is 18.5. The highest BCUT2D eigenvalue weighted by Crippen LogP contribution is 2.29. The molecule has 2 aliphatic rings. The molecule has 6 heteroatoms. The highest BCUT2D eigenvalue weighted by atomic mass is 16.5. The van der Waals surface area contributed by atoms with Crippen LogP contribution in [0, 0.1) is 5.92 Å². The van der Waals surface area contributed by atoms with E-state index < -0.39 is 0 Å². The number of methoxy groups -OCH3 is 1. The van der Waals surface area contributed by atoms with Crippen molar-refractivity contribution >= 4 is 17.5 Å². The lowest BCUT2D eigenvalue weighted by Crippen LogP contribution is -2.48. The van der Waals surface area contributed by atoms with Gasteiger partial charge in [0, 0.05) is 31.2 Å². The molecule has 0 aliphatic carbocycles. The summed E-state index contributed by atoms with van der Waals surface area (Å²) in [7, 11) is 1.62. The summed E-state index contributed by atoms with van der Waals surface area (Å²) in [5.74, 6) is 0.678. The van der Waals surface area contributed by atoms with E-state index in [0.29, 0.717) is 19.0 Å². The number of hydrogen-bond donors (Lipinski definition) is 1. The number of nitrogens with zero attached hydrogens (tertiary/aromatic N) is 2. The van der Waals surface area contributed by atoms with E-state index in [9.17, 15) is 9.59 Å². The van der Waals surface area contributed by atoms with Crippen LogP contribution in [0.15, 0.2) is 24.3 Å². The molecule has 142 valence electrons. The van der Waals surface area contributed by atoms with Crippen LogP contribution in [0.3, 0.4) is 0 Å². The molecule has 6 nitrogen and oxygen atoms in total. The largest absolute Gasteiger partial charge is 0.497 e. The third-order valence-electron chi connectivity index (χ3n) is 5.36. The molecule has 2 fully saturated rings. The van der Waals surface area contributed by atoms with Gasteiger partial charge in [-0.05, 0) is 56.6 Å². The summed E-state index contributed by atoms with van der Waals surface area (Å²) in [4.78, 5) is 29.4. The summed E-state index contributed by atoms with van der Waals surface area (Å²) in [6.45, 7) is 5.26. The molecule has 1 aromatic carbocycles. The first-order chi connectivity index (χ1) is 12.6. The van der Waals surface area contributed by atoms with Crippen LogP contribution in [-0.4, -0.2) is 56.0 Å². The van der Waals surface area contributed by atoms with E-state index in [4.69, 9.17) is 4.74 Å². The van der Waals surface area contributed by atoms with E-state index in [1.165, 1.54) is 0 Å². The molecular formula is C20H29N3O3. The molecule has 0 saturated carbocycles. The van der Waals surface area contributed by atoms with Crippen LogP contribution in [0.2, 0.25) is 0 Å². The Kier molecular flexibility index (Phi) is 6.14. The molecule has 2 amide bonds. The molecule has 1 unspecified atom stereocenters. The minimum Gasteiger partial charge on any atom is -0.497 e. The number of piperidine rings is 1. The minimum atomic E-state index is -0.244. The second-order valence-corrected chi connectivity index (χ2v) is 7.12. The van der Waals surface area contributed by atoms with Crippen LogP contribution < -0.4 is 15.0 Å². The van der Waals surface area contributed by atoms with Gasteiger partial charge in [-0.3, -0.25) is 9.59 Å². The van der Waals surface area contributed by atoms with Gasteiger partial charge in [0.15, 0.2) is 0 Å². The fourth-order valence-corrected chi connectivity index (χ4v) is 3.95. The third kappa shape index (κ3) is 4.01. The van der Waals surface area contributed by atoms with E-state index in [2.05, 4.69) is 12.2 Å². The molecule has 1 atom stereocenters. The highest BCUT2D eigenvalue weighted by Gasteiger charge is 2.38. The smallest absolute Gasteiger partial charge is 0.228 e. The zero-order valence-electron chi connectivity index (χ0n) is 15.7. The van der Waals surface area contributed by atoms with Crippen molar-refractivity contribution in [3.05, 3.63) is 24.3 Å². The lowest BCUT2D eigenvalue weighted by atomic mass is 10.0. The van der Waals surface area contributed by atoms with Crippen molar-refractivity contribution in [2.75, 3.05) is 38.2 Å². The average Bonchev–Trinajstić information content (AvgIpc) is 3.08. The summed E-state index contributed by atoms with van der Waals surface area (Å²) in [6.07, 6.45) is 3.23. The van der Waals surface area contributed by atoms with Crippen LogP contribution >= 0.6 is 0 Å². The second kappa shape index (κ2) is 8.54. The Morgan fingerprint density at radius 3 is 2.58 bits per heavy atom. The number of carbonyl (C=O) groups excluding carboxylic acids is 2. The lowest BCUT2D eigenvalue weighted by molar-refractivity contribution is -0.138. The topological polar surface area (TPSA) is 61.9 Å². The Balaban J connectivity index is 1.69. The molecule has 26 heavy (non-hydrogen) atoms. The number of nitrogens with one attached hydrogen (secondary N) is 1. The fourth-order valence-electron chi connectivity index (χ4n) is 3.95. The maximum Gasteiger partial charge on any atom is 0.228 e. The summed E-state index contributed by atoms with van der Waals surface area (Å²) in [5, 5.41) is 3.35. The first-order valence-electron chi connectivity index (χ1n) is 9.59. The first kappa shape index (κ1) is 18.7. The van der Waals surface area contributed by atoms with Gasteiger partial charge in [-0.1, -0.05) is 6.92 Å². The molecule has 3 rings (SSSR count). The summed E-state index contributed by atoms with van der Waals surface area (Å²) < 4.78 is 5.17. The summed E-state index contributed by atoms with van der Waals surface area (Å²) >= 11 is 0. The van der Waals surface area contributed by atoms with Gasteiger partial charge in [-0.2, -0.15) is 0 Å². The SMILES string of the molecule is CCCN(C(=O)C1CC(=O)N(c2ccc(OC)cc2)C1)C1CCNCC1. The van der Waals surface area contributed by atoms with Gasteiger partial charge in [0.05, 0.1) is 13.0 Å². The molecular weight excluding hydrogens is 330 g/mol. The van der Waals surface area contributed by atoms with Crippen molar-refractivity contribution in [1.29, 1.82) is 0 Å². The van der Waals surface area contributed by atoms with Crippen molar-refractivity contribution in [2.45, 2.75) is 38.6 Å². The number of hydrogen-bond acceptors (Lipinski definition) is 4. The van der Waals surface area contributed by atoms with Gasteiger partial charge in [0.25, 0.3) is 0 Å². The summed E-state index contributed by atoms with van der Waals surface area (Å²) in [6, 6.07) is 7.74. The Bertz CT molecular complexity index is 626. The number of benzene rings is 1. The standard InChI is InChI=1S/C20H29N3O3/c1-3-12-22(17-8-10-21-11-9-17)20(25)15-13-19(24)23(14-15)16-4-6-18(26-2)7-5-16/h4-7,15,17,21H,3,8-14H2,1-2H3. The Labute approximate surface area is 155 Å². The average molecular weight is 359 g/mol. The highest BCUT2D eigenvalue weighted by molar-refractivity contribution is 6.00. The van der Waals surface area contributed by atoms with Gasteiger partial charge in [-0.25, -0.2) is 0 Å². The van der Waals surface area contributed by atoms with Gasteiger partial charge >= 0.3 is 0 Å². The third-order valence-corrected chi connectivity index (χ3v) is 5.36. The van der Waals surface area contributed by atoms with Crippen molar-refractivity contribution < 1.29 is 14.3 Å². The number of carbonyl (C=O) groups is 2. The Hall–Kier alpha value is -2.08. The van der Waals surface area contributed by atoms with Crippen LogP contribution in [0.1, 0.15) is 32.6 Å². The number of amides is 2. The number of anilines is 1. The van der Waals surface area contributed by atoms with E-state index in [-0.39, 0.29) is 17.7 Å². The van der Waals surface area contributed by atoms with Crippen molar-refractivity contribution in [1.82, 2.24) is 10.2 Å². The molecule has 1 aromatic rings. The predicted octanol–water partition coefficient (Wildman–Crippen LogP) is 2.04. The van der Waals surface area contributed by atoms with Gasteiger partial charge in [0.1, 0.15) is 5.75 Å². The van der Waals surface area contributed by atoms with Crippen molar-refractivity contribution in [3.8, 4) is 5.75 Å². The lowest BCUT2D eigenvalue weighted by Gasteiger charge is -2.36. The van der Waals surface area contributed by atoms with Crippen molar-refractivity contribution in [2.24, 2.45) is 5.92 Å². The molecule has 2 aliphatic heterocycles. The van der Waals surface area contributed by atoms with Gasteiger partial charge in [0.2, 0.25) is 11.8 Å². The molecule has 0 radical (unpaired) electrons. The van der Waals surface area contributed by atoms with E-state index >= 15 is 0 Å². The normalized spacial score (nSPS) is 21.1. The molecule has 0 bridgehead atoms. The van der Waals surface area contributed by atoms with E-state index in [1.54, 1.807) is 12.0 Å². The second-order valence-electron chi connectivity index (χ2n) is 7.12. The number of rotatable bonds is 6. The van der Waals surface area contributed by atoms with Gasteiger partial charge in [-0.15, -0.1) is 0 Å². The molecule has 2 heterocycles. The zero-order valence-corrected chi connectivity index (χ0v) is 15.7. The maximum atomic E-state index is 13.2. The predicted molar refractivity (Wildman–Crippen MR) is 101 cm³/mol. The monoisotopic (exact) mass is 359 g/mol. The number of ether oxygens (including phenoxy) is 1. The van der Waals surface area contributed by atoms with Crippen molar-refractivity contribution in [3.63, 3.8) is 0 Å². The van der Waals surface area contributed by atoms with E-state index in [1.807, 2.05) is 29.2 Å². The van der Waals surface area contributed by atoms with Gasteiger partial charge < -0.3 is 19.9 Å². The summed E-state index contributed by atoms with van der Waals surface area (Å²) in [5.41, 5.74) is 0.829. The van der Waals surface area contributed by atoms with Crippen LogP contribution in [0.4, 0.5) is 5.69 Å².